The summed E-state index contributed by atoms with van der Waals surface area (Å²) in [6.07, 6.45) is 3.24. The van der Waals surface area contributed by atoms with Gasteiger partial charge in [0.05, 0.1) is 5.56 Å². The number of nitrogens with zero attached hydrogens (tertiary/aromatic N) is 1. The lowest BCUT2D eigenvalue weighted by atomic mass is 9.65. The maximum atomic E-state index is 12.5. The number of hydrogen-bond donors (Lipinski definition) is 0. The van der Waals surface area contributed by atoms with Crippen molar-refractivity contribution in [2.24, 2.45) is 10.8 Å². The Hall–Kier alpha value is -1.84. The molecule has 4 heteroatoms. The van der Waals surface area contributed by atoms with E-state index < -0.39 is 5.97 Å². The molecule has 3 rings (SSSR count). The van der Waals surface area contributed by atoms with Crippen LogP contribution in [-0.4, -0.2) is 36.0 Å². The Morgan fingerprint density at radius 3 is 2.57 bits per heavy atom. The van der Waals surface area contributed by atoms with Crippen molar-refractivity contribution in [3.8, 4) is 0 Å². The van der Waals surface area contributed by atoms with Gasteiger partial charge in [-0.25, -0.2) is 4.79 Å². The van der Waals surface area contributed by atoms with E-state index in [2.05, 4.69) is 20.8 Å². The van der Waals surface area contributed by atoms with Crippen molar-refractivity contribution >= 4 is 11.9 Å². The first kappa shape index (κ1) is 16.0. The van der Waals surface area contributed by atoms with Gasteiger partial charge in [-0.1, -0.05) is 39.0 Å². The van der Waals surface area contributed by atoms with Crippen molar-refractivity contribution in [1.29, 1.82) is 0 Å². The molecule has 0 N–H and O–H groups in total. The van der Waals surface area contributed by atoms with Crippen molar-refractivity contribution < 1.29 is 14.3 Å². The molecule has 0 aromatic heterocycles. The van der Waals surface area contributed by atoms with Crippen LogP contribution < -0.4 is 0 Å². The summed E-state index contributed by atoms with van der Waals surface area (Å²) in [6, 6.07) is 9.08. The van der Waals surface area contributed by atoms with Gasteiger partial charge in [0.15, 0.2) is 6.61 Å². The van der Waals surface area contributed by atoms with E-state index in [4.69, 9.17) is 4.74 Å². The number of carbonyl (C=O) groups excluding carboxylic acids is 2. The van der Waals surface area contributed by atoms with E-state index in [0.29, 0.717) is 5.56 Å². The fraction of sp³-hybridized carbons (Fsp3) is 0.579. The van der Waals surface area contributed by atoms with E-state index in [-0.39, 0.29) is 29.4 Å². The fourth-order valence-corrected chi connectivity index (χ4v) is 4.62. The van der Waals surface area contributed by atoms with E-state index in [1.54, 1.807) is 24.3 Å². The normalized spacial score (nSPS) is 28.5. The van der Waals surface area contributed by atoms with Crippen molar-refractivity contribution in [2.45, 2.75) is 46.1 Å². The summed E-state index contributed by atoms with van der Waals surface area (Å²) >= 11 is 0. The quantitative estimate of drug-likeness (QED) is 0.804. The molecule has 23 heavy (non-hydrogen) atoms. The summed E-state index contributed by atoms with van der Waals surface area (Å²) in [5, 5.41) is 0. The zero-order chi connectivity index (χ0) is 16.7. The molecule has 0 spiro atoms. The molecule has 1 saturated carbocycles. The predicted octanol–water partition coefficient (Wildman–Crippen LogP) is 3.27. The zero-order valence-electron chi connectivity index (χ0n) is 14.2. The molecule has 2 bridgehead atoms. The number of fused-ring (bicyclic) bond motifs is 2. The van der Waals surface area contributed by atoms with Crippen LogP contribution in [0.1, 0.15) is 50.4 Å². The van der Waals surface area contributed by atoms with Crippen molar-refractivity contribution in [1.82, 2.24) is 4.90 Å². The van der Waals surface area contributed by atoms with E-state index in [0.717, 1.165) is 25.8 Å². The highest BCUT2D eigenvalue weighted by Crippen LogP contribution is 2.52. The van der Waals surface area contributed by atoms with Gasteiger partial charge in [0, 0.05) is 12.6 Å². The third kappa shape index (κ3) is 3.41. The Labute approximate surface area is 137 Å². The lowest BCUT2D eigenvalue weighted by Crippen LogP contribution is -2.39. The molecule has 2 atom stereocenters. The van der Waals surface area contributed by atoms with Gasteiger partial charge in [-0.2, -0.15) is 0 Å². The summed E-state index contributed by atoms with van der Waals surface area (Å²) in [6.45, 7) is 7.44. The van der Waals surface area contributed by atoms with E-state index >= 15 is 0 Å². The minimum absolute atomic E-state index is 0.0688. The van der Waals surface area contributed by atoms with Crippen molar-refractivity contribution in [3.05, 3.63) is 35.9 Å². The summed E-state index contributed by atoms with van der Waals surface area (Å²) in [4.78, 5) is 26.4. The maximum Gasteiger partial charge on any atom is 0.338 e. The summed E-state index contributed by atoms with van der Waals surface area (Å²) < 4.78 is 5.21. The monoisotopic (exact) mass is 315 g/mol. The van der Waals surface area contributed by atoms with Gasteiger partial charge in [-0.15, -0.1) is 0 Å². The molecule has 0 unspecified atom stereocenters. The summed E-state index contributed by atoms with van der Waals surface area (Å²) in [5.74, 6) is -0.506. The molecule has 1 heterocycles. The highest BCUT2D eigenvalue weighted by Gasteiger charge is 2.50. The van der Waals surface area contributed by atoms with Crippen LogP contribution in [0.5, 0.6) is 0 Å². The highest BCUT2D eigenvalue weighted by atomic mass is 16.5. The van der Waals surface area contributed by atoms with Gasteiger partial charge < -0.3 is 9.64 Å². The number of rotatable bonds is 3. The second-order valence-electron chi connectivity index (χ2n) is 8.18. The fourth-order valence-electron chi connectivity index (χ4n) is 4.62. The minimum atomic E-state index is -0.437. The predicted molar refractivity (Wildman–Crippen MR) is 88.0 cm³/mol. The van der Waals surface area contributed by atoms with Crippen molar-refractivity contribution in [3.63, 3.8) is 0 Å². The van der Waals surface area contributed by atoms with E-state index in [1.807, 2.05) is 11.0 Å². The molecule has 1 aliphatic carbocycles. The van der Waals surface area contributed by atoms with Crippen LogP contribution in [0.4, 0.5) is 0 Å². The Kier molecular flexibility index (Phi) is 3.95. The first-order valence-corrected chi connectivity index (χ1v) is 8.30. The number of esters is 1. The molecule has 124 valence electrons. The number of benzene rings is 1. The Morgan fingerprint density at radius 1 is 1.17 bits per heavy atom. The average Bonchev–Trinajstić information content (AvgIpc) is 2.74. The van der Waals surface area contributed by atoms with Crippen LogP contribution in [-0.2, 0) is 9.53 Å². The Bertz CT molecular complexity index is 610. The zero-order valence-corrected chi connectivity index (χ0v) is 14.2. The molecule has 2 fully saturated rings. The molecule has 1 saturated heterocycles. The number of hydrogen-bond acceptors (Lipinski definition) is 3. The lowest BCUT2D eigenvalue weighted by Gasteiger charge is -2.39. The lowest BCUT2D eigenvalue weighted by molar-refractivity contribution is -0.135. The Morgan fingerprint density at radius 2 is 1.87 bits per heavy atom. The third-order valence-electron chi connectivity index (χ3n) is 5.07. The van der Waals surface area contributed by atoms with Crippen LogP contribution in [0.15, 0.2) is 30.3 Å². The van der Waals surface area contributed by atoms with Gasteiger partial charge in [-0.05, 0) is 42.2 Å². The number of likely N-dealkylation sites (tertiary alicyclic amines) is 1. The third-order valence-corrected chi connectivity index (χ3v) is 5.07. The minimum Gasteiger partial charge on any atom is -0.452 e. The van der Waals surface area contributed by atoms with Crippen LogP contribution in [0.2, 0.25) is 0 Å². The molecule has 1 aromatic rings. The van der Waals surface area contributed by atoms with Crippen LogP contribution in [0, 0.1) is 10.8 Å². The molecule has 1 aliphatic heterocycles. The molecule has 2 aliphatic rings. The van der Waals surface area contributed by atoms with Crippen molar-refractivity contribution in [2.75, 3.05) is 13.2 Å². The highest BCUT2D eigenvalue weighted by molar-refractivity contribution is 5.91. The smallest absolute Gasteiger partial charge is 0.338 e. The number of amides is 1. The molecule has 4 nitrogen and oxygen atoms in total. The van der Waals surface area contributed by atoms with Crippen LogP contribution in [0.25, 0.3) is 0 Å². The number of ether oxygens (including phenoxy) is 1. The average molecular weight is 315 g/mol. The first-order chi connectivity index (χ1) is 10.8. The first-order valence-electron chi connectivity index (χ1n) is 8.30. The van der Waals surface area contributed by atoms with Crippen LogP contribution in [0.3, 0.4) is 0 Å². The van der Waals surface area contributed by atoms with E-state index in [9.17, 15) is 9.59 Å². The topological polar surface area (TPSA) is 46.6 Å². The van der Waals surface area contributed by atoms with Gasteiger partial charge in [-0.3, -0.25) is 4.79 Å². The maximum absolute atomic E-state index is 12.5. The van der Waals surface area contributed by atoms with E-state index in [1.165, 1.54) is 0 Å². The molecule has 1 amide bonds. The van der Waals surface area contributed by atoms with Gasteiger partial charge >= 0.3 is 5.97 Å². The largest absolute Gasteiger partial charge is 0.452 e. The molecule has 1 aromatic carbocycles. The summed E-state index contributed by atoms with van der Waals surface area (Å²) in [5.41, 5.74) is 0.951. The molecular formula is C19H25NO3. The molecular weight excluding hydrogens is 290 g/mol. The van der Waals surface area contributed by atoms with Gasteiger partial charge in [0.1, 0.15) is 0 Å². The van der Waals surface area contributed by atoms with Gasteiger partial charge in [0.25, 0.3) is 5.91 Å². The molecule has 0 radical (unpaired) electrons. The van der Waals surface area contributed by atoms with Crippen LogP contribution >= 0.6 is 0 Å². The second-order valence-corrected chi connectivity index (χ2v) is 8.18. The Balaban J connectivity index is 1.60. The number of carbonyl (C=O) groups is 2. The summed E-state index contributed by atoms with van der Waals surface area (Å²) in [7, 11) is 0. The SMILES string of the molecule is CC1(C)C[C@H]2C[C@](C)(CN2C(=O)COC(=O)c2ccccc2)C1. The standard InChI is InChI=1S/C19H25NO3/c1-18(2)9-15-10-19(3,12-18)13-20(15)16(21)11-23-17(22)14-7-5-4-6-8-14/h4-8,15H,9-13H2,1-3H3/t15-,19-/m0/s1. The second kappa shape index (κ2) is 5.66. The van der Waals surface area contributed by atoms with Gasteiger partial charge in [0.2, 0.25) is 0 Å².